The van der Waals surface area contributed by atoms with E-state index in [1.54, 1.807) is 26.8 Å². The number of aliphatic hydroxyl groups excluding tert-OH is 1. The van der Waals surface area contributed by atoms with Crippen molar-refractivity contribution in [2.24, 2.45) is 16.7 Å². The topological polar surface area (TPSA) is 102 Å². The molecule has 8 heteroatoms. The molecular weight excluding hydrogens is 500 g/mol. The number of hydrogen-bond donors (Lipinski definition) is 2. The van der Waals surface area contributed by atoms with Crippen LogP contribution in [0.3, 0.4) is 0 Å². The van der Waals surface area contributed by atoms with Gasteiger partial charge in [0, 0.05) is 23.8 Å². The lowest BCUT2D eigenvalue weighted by Crippen LogP contribution is -2.87. The molecule has 1 saturated heterocycles. The third-order valence-corrected chi connectivity index (χ3v) is 15.0. The number of carbonyl (C=O) groups excluding carboxylic acids is 2. The van der Waals surface area contributed by atoms with Crippen LogP contribution in [0.25, 0.3) is 0 Å². The maximum absolute atomic E-state index is 14.3. The van der Waals surface area contributed by atoms with E-state index in [9.17, 15) is 19.8 Å². The van der Waals surface area contributed by atoms with Gasteiger partial charge >= 0.3 is 5.97 Å². The van der Waals surface area contributed by atoms with Gasteiger partial charge in [-0.3, -0.25) is 4.79 Å². The minimum atomic E-state index is -2.36. The number of aliphatic hydroxyl groups is 2. The van der Waals surface area contributed by atoms with Gasteiger partial charge in [-0.05, 0) is 57.2 Å². The molecule has 38 heavy (non-hydrogen) atoms. The minimum Gasteiger partial charge on any atom is -0.453 e. The molecule has 3 rings (SSSR count). The van der Waals surface area contributed by atoms with Gasteiger partial charge in [0.15, 0.2) is 25.8 Å². The molecule has 0 radical (unpaired) electrons. The molecule has 1 heterocycles. The van der Waals surface area contributed by atoms with Crippen molar-refractivity contribution in [3.05, 3.63) is 24.8 Å². The van der Waals surface area contributed by atoms with Crippen LogP contribution in [0.5, 0.6) is 0 Å². The first-order valence-corrected chi connectivity index (χ1v) is 16.8. The molecule has 3 fully saturated rings. The van der Waals surface area contributed by atoms with E-state index in [1.807, 2.05) is 20.8 Å². The summed E-state index contributed by atoms with van der Waals surface area (Å²) >= 11 is 0. The molecule has 2 N–H and O–H groups in total. The summed E-state index contributed by atoms with van der Waals surface area (Å²) in [4.78, 5) is 27.1. The van der Waals surface area contributed by atoms with E-state index in [-0.39, 0.29) is 11.5 Å². The van der Waals surface area contributed by atoms with Crippen LogP contribution < -0.4 is 0 Å². The monoisotopic (exact) mass is 550 g/mol. The van der Waals surface area contributed by atoms with Gasteiger partial charge in [-0.1, -0.05) is 53.7 Å². The summed E-state index contributed by atoms with van der Waals surface area (Å²) in [7, 11) is -2.36. The highest BCUT2D eigenvalue weighted by atomic mass is 28.4. The van der Waals surface area contributed by atoms with E-state index in [2.05, 4.69) is 40.4 Å². The first kappa shape index (κ1) is 31.2. The molecule has 1 aliphatic heterocycles. The predicted molar refractivity (Wildman–Crippen MR) is 150 cm³/mol. The zero-order valence-electron chi connectivity index (χ0n) is 25.3. The number of esters is 1. The third kappa shape index (κ3) is 4.30. The molecular formula is C30H50O7Si. The maximum atomic E-state index is 14.3. The van der Waals surface area contributed by atoms with E-state index in [1.165, 1.54) is 12.2 Å². The Morgan fingerprint density at radius 1 is 1.18 bits per heavy atom. The number of rotatable bonds is 5. The molecule has 0 spiro atoms. The lowest BCUT2D eigenvalue weighted by molar-refractivity contribution is -0.369. The lowest BCUT2D eigenvalue weighted by atomic mass is 9.40. The zero-order valence-corrected chi connectivity index (χ0v) is 26.3. The summed E-state index contributed by atoms with van der Waals surface area (Å²) in [5, 5.41) is 25.0. The number of ether oxygens (including phenoxy) is 2. The minimum absolute atomic E-state index is 0.0935. The standard InChI is InChI=1S/C30H50O7Si/c1-13-15-21(32)35-24-22(33)23-26(6,7)17-16-20(36-38(11,12)25(3,4)5)28(23,9)30(34)19(31)18-27(8,14-2)37-29(24,30)10/h13-15,20,22-24,33-34H,2,16-18H2,1,3-12H3/t20-,22-,23-,24-,27-,28-,29+,30-/m0/s1. The summed E-state index contributed by atoms with van der Waals surface area (Å²) in [6.07, 6.45) is 2.54. The van der Waals surface area contributed by atoms with Crippen molar-refractivity contribution in [1.82, 2.24) is 0 Å². The Labute approximate surface area is 230 Å². The zero-order chi connectivity index (χ0) is 29.3. The molecule has 8 atom stereocenters. The number of ketones is 1. The fourth-order valence-corrected chi connectivity index (χ4v) is 8.90. The van der Waals surface area contributed by atoms with Gasteiger partial charge in [0.25, 0.3) is 0 Å². The second-order valence-corrected chi connectivity index (χ2v) is 19.3. The number of allylic oxidation sites excluding steroid dienone is 1. The average Bonchev–Trinajstić information content (AvgIpc) is 2.76. The second kappa shape index (κ2) is 9.37. The van der Waals surface area contributed by atoms with Gasteiger partial charge in [-0.2, -0.15) is 0 Å². The van der Waals surface area contributed by atoms with Gasteiger partial charge in [-0.15, -0.1) is 6.58 Å². The van der Waals surface area contributed by atoms with Gasteiger partial charge < -0.3 is 24.1 Å². The lowest BCUT2D eigenvalue weighted by Gasteiger charge is -2.72. The smallest absolute Gasteiger partial charge is 0.330 e. The van der Waals surface area contributed by atoms with Gasteiger partial charge in [0.05, 0.1) is 17.8 Å². The highest BCUT2D eigenvalue weighted by molar-refractivity contribution is 6.74. The highest BCUT2D eigenvalue weighted by Gasteiger charge is 2.81. The molecule has 216 valence electrons. The van der Waals surface area contributed by atoms with E-state index < -0.39 is 71.9 Å². The summed E-state index contributed by atoms with van der Waals surface area (Å²) in [5.74, 6) is -1.71. The Kier molecular flexibility index (Phi) is 7.69. The Bertz CT molecular complexity index is 1010. The SMILES string of the molecule is C=C[C@@]1(C)CC(=O)[C@]2(O)[C@@]3(C)[C@@H](O[Si](C)(C)C(C)(C)C)CCC(C)(C)[C@@H]3[C@H](O)[C@H](OC(=O)C=CC)[C@@]2(C)O1. The van der Waals surface area contributed by atoms with Crippen LogP contribution in [-0.2, 0) is 23.5 Å². The molecule has 2 saturated carbocycles. The van der Waals surface area contributed by atoms with Crippen LogP contribution in [0.2, 0.25) is 18.1 Å². The summed E-state index contributed by atoms with van der Waals surface area (Å²) in [6, 6.07) is 0. The van der Waals surface area contributed by atoms with Crippen LogP contribution in [0, 0.1) is 16.7 Å². The molecule has 7 nitrogen and oxygen atoms in total. The molecule has 0 bridgehead atoms. The van der Waals surface area contributed by atoms with Crippen molar-refractivity contribution in [3.63, 3.8) is 0 Å². The van der Waals surface area contributed by atoms with Crippen LogP contribution >= 0.6 is 0 Å². The van der Waals surface area contributed by atoms with E-state index in [0.717, 1.165) is 0 Å². The van der Waals surface area contributed by atoms with E-state index in [0.29, 0.717) is 12.8 Å². The molecule has 0 aromatic rings. The van der Waals surface area contributed by atoms with E-state index in [4.69, 9.17) is 13.9 Å². The first-order valence-electron chi connectivity index (χ1n) is 13.9. The summed E-state index contributed by atoms with van der Waals surface area (Å²) in [6.45, 7) is 25.6. The van der Waals surface area contributed by atoms with E-state index >= 15 is 0 Å². The molecule has 0 aromatic heterocycles. The Morgan fingerprint density at radius 3 is 2.26 bits per heavy atom. The van der Waals surface area contributed by atoms with Crippen molar-refractivity contribution in [3.8, 4) is 0 Å². The number of carbonyl (C=O) groups is 2. The van der Waals surface area contributed by atoms with Gasteiger partial charge in [-0.25, -0.2) is 4.79 Å². The quantitative estimate of drug-likeness (QED) is 0.212. The fraction of sp³-hybridized carbons (Fsp3) is 0.800. The first-order chi connectivity index (χ1) is 17.1. The largest absolute Gasteiger partial charge is 0.453 e. The highest BCUT2D eigenvalue weighted by Crippen LogP contribution is 2.68. The van der Waals surface area contributed by atoms with Crippen molar-refractivity contribution < 1.29 is 33.7 Å². The normalized spacial score (nSPS) is 43.3. The Balaban J connectivity index is 2.33. The average molecular weight is 551 g/mol. The van der Waals surface area contributed by atoms with Crippen molar-refractivity contribution >= 4 is 20.1 Å². The number of fused-ring (bicyclic) bond motifs is 3. The molecule has 0 aromatic carbocycles. The second-order valence-electron chi connectivity index (χ2n) is 14.5. The Hall–Kier alpha value is -1.32. The van der Waals surface area contributed by atoms with Crippen LogP contribution in [0.4, 0.5) is 0 Å². The van der Waals surface area contributed by atoms with Crippen molar-refractivity contribution in [1.29, 1.82) is 0 Å². The van der Waals surface area contributed by atoms with Crippen molar-refractivity contribution in [2.45, 2.75) is 135 Å². The summed E-state index contributed by atoms with van der Waals surface area (Å²) < 4.78 is 19.5. The fourth-order valence-electron chi connectivity index (χ4n) is 7.47. The molecule has 0 unspecified atom stereocenters. The molecule has 0 amide bonds. The van der Waals surface area contributed by atoms with Crippen LogP contribution in [-0.4, -0.2) is 65.4 Å². The van der Waals surface area contributed by atoms with Gasteiger partial charge in [0.2, 0.25) is 0 Å². The molecule has 2 aliphatic carbocycles. The molecule has 3 aliphatic rings. The van der Waals surface area contributed by atoms with Crippen molar-refractivity contribution in [2.75, 3.05) is 0 Å². The van der Waals surface area contributed by atoms with Crippen LogP contribution in [0.15, 0.2) is 24.8 Å². The predicted octanol–water partition coefficient (Wildman–Crippen LogP) is 5.11. The summed E-state index contributed by atoms with van der Waals surface area (Å²) in [5.41, 5.74) is -6.73. The third-order valence-electron chi connectivity index (χ3n) is 10.5. The number of hydrogen-bond acceptors (Lipinski definition) is 7. The number of Topliss-reactive ketones (excluding diaryl/α,β-unsaturated/α-hetero) is 1. The maximum Gasteiger partial charge on any atom is 0.330 e. The van der Waals surface area contributed by atoms with Crippen LogP contribution in [0.1, 0.15) is 81.6 Å². The van der Waals surface area contributed by atoms with Gasteiger partial charge in [0.1, 0.15) is 5.60 Å². The Morgan fingerprint density at radius 2 is 1.76 bits per heavy atom.